The van der Waals surface area contributed by atoms with E-state index in [-0.39, 0.29) is 11.9 Å². The summed E-state index contributed by atoms with van der Waals surface area (Å²) in [6.07, 6.45) is 4.82. The Morgan fingerprint density at radius 1 is 1.33 bits per heavy atom. The summed E-state index contributed by atoms with van der Waals surface area (Å²) >= 11 is 1.56. The van der Waals surface area contributed by atoms with Crippen LogP contribution in [0.1, 0.15) is 23.7 Å². The van der Waals surface area contributed by atoms with E-state index in [1.165, 1.54) is 6.08 Å². The van der Waals surface area contributed by atoms with Gasteiger partial charge in [-0.15, -0.1) is 11.3 Å². The van der Waals surface area contributed by atoms with Crippen LogP contribution in [0.2, 0.25) is 0 Å². The molecule has 0 saturated carbocycles. The fourth-order valence-electron chi connectivity index (χ4n) is 1.98. The second kappa shape index (κ2) is 5.93. The molecule has 2 aromatic heterocycles. The van der Waals surface area contributed by atoms with E-state index in [0.717, 1.165) is 21.0 Å². The zero-order valence-electron chi connectivity index (χ0n) is 11.4. The molecule has 1 unspecified atom stereocenters. The number of nitrogens with zero attached hydrogens (tertiary/aromatic N) is 1. The molecule has 5 heteroatoms. The van der Waals surface area contributed by atoms with Gasteiger partial charge in [0.2, 0.25) is 5.91 Å². The Labute approximate surface area is 126 Å². The largest absolute Gasteiger partial charge is 0.467 e. The first-order chi connectivity index (χ1) is 10.2. The first-order valence-electron chi connectivity index (χ1n) is 6.60. The second-order valence-corrected chi connectivity index (χ2v) is 5.66. The highest BCUT2D eigenvalue weighted by molar-refractivity contribution is 7.19. The van der Waals surface area contributed by atoms with Gasteiger partial charge in [-0.1, -0.05) is 12.1 Å². The molecule has 0 bridgehead atoms. The van der Waals surface area contributed by atoms with Gasteiger partial charge in [-0.2, -0.15) is 0 Å². The highest BCUT2D eigenvalue weighted by Gasteiger charge is 2.09. The number of benzene rings is 1. The van der Waals surface area contributed by atoms with Gasteiger partial charge in [0.25, 0.3) is 0 Å². The third kappa shape index (κ3) is 3.20. The van der Waals surface area contributed by atoms with Crippen LogP contribution in [0.4, 0.5) is 0 Å². The van der Waals surface area contributed by atoms with Crippen LogP contribution in [0.15, 0.2) is 53.2 Å². The average molecular weight is 298 g/mol. The van der Waals surface area contributed by atoms with E-state index >= 15 is 0 Å². The fourth-order valence-corrected chi connectivity index (χ4v) is 2.85. The van der Waals surface area contributed by atoms with E-state index in [9.17, 15) is 4.79 Å². The Bertz CT molecular complexity index is 742. The number of rotatable bonds is 4. The van der Waals surface area contributed by atoms with Gasteiger partial charge in [-0.3, -0.25) is 4.79 Å². The number of hydrogen-bond acceptors (Lipinski definition) is 4. The SMILES string of the molecule is CC(NC(=O)/C=C/c1nc2ccccc2s1)c1ccco1. The summed E-state index contributed by atoms with van der Waals surface area (Å²) in [7, 11) is 0. The molecular weight excluding hydrogens is 284 g/mol. The Kier molecular flexibility index (Phi) is 3.83. The Morgan fingerprint density at radius 2 is 2.19 bits per heavy atom. The molecule has 1 N–H and O–H groups in total. The molecule has 4 nitrogen and oxygen atoms in total. The monoisotopic (exact) mass is 298 g/mol. The minimum atomic E-state index is -0.168. The molecule has 21 heavy (non-hydrogen) atoms. The lowest BCUT2D eigenvalue weighted by Crippen LogP contribution is -2.24. The van der Waals surface area contributed by atoms with Crippen molar-refractivity contribution in [1.82, 2.24) is 10.3 Å². The van der Waals surface area contributed by atoms with Crippen molar-refractivity contribution in [2.45, 2.75) is 13.0 Å². The lowest BCUT2D eigenvalue weighted by atomic mass is 10.2. The molecule has 0 aliphatic carbocycles. The predicted octanol–water partition coefficient (Wildman–Crippen LogP) is 3.78. The molecule has 1 aromatic carbocycles. The fraction of sp³-hybridized carbons (Fsp3) is 0.125. The number of amides is 1. The number of carbonyl (C=O) groups excluding carboxylic acids is 1. The van der Waals surface area contributed by atoms with Crippen molar-refractivity contribution in [1.29, 1.82) is 0 Å². The summed E-state index contributed by atoms with van der Waals surface area (Å²) in [5.41, 5.74) is 0.950. The molecule has 0 spiro atoms. The molecule has 2 heterocycles. The minimum Gasteiger partial charge on any atom is -0.467 e. The van der Waals surface area contributed by atoms with E-state index in [2.05, 4.69) is 10.3 Å². The molecule has 106 valence electrons. The van der Waals surface area contributed by atoms with E-state index < -0.39 is 0 Å². The van der Waals surface area contributed by atoms with Gasteiger partial charge in [0.05, 0.1) is 22.5 Å². The van der Waals surface area contributed by atoms with Gasteiger partial charge in [0, 0.05) is 6.08 Å². The van der Waals surface area contributed by atoms with Crippen LogP contribution in [0.3, 0.4) is 0 Å². The lowest BCUT2D eigenvalue weighted by Gasteiger charge is -2.08. The van der Waals surface area contributed by atoms with Crippen LogP contribution in [-0.2, 0) is 4.79 Å². The number of carbonyl (C=O) groups is 1. The van der Waals surface area contributed by atoms with Gasteiger partial charge in [0.1, 0.15) is 10.8 Å². The molecule has 1 atom stereocenters. The Morgan fingerprint density at radius 3 is 2.95 bits per heavy atom. The number of hydrogen-bond donors (Lipinski definition) is 1. The topological polar surface area (TPSA) is 55.1 Å². The number of fused-ring (bicyclic) bond motifs is 1. The van der Waals surface area contributed by atoms with Crippen molar-refractivity contribution in [2.24, 2.45) is 0 Å². The summed E-state index contributed by atoms with van der Waals surface area (Å²) in [4.78, 5) is 16.3. The van der Waals surface area contributed by atoms with Crippen molar-refractivity contribution >= 4 is 33.5 Å². The molecule has 1 amide bonds. The average Bonchev–Trinajstić information content (AvgIpc) is 3.14. The maximum Gasteiger partial charge on any atom is 0.244 e. The lowest BCUT2D eigenvalue weighted by molar-refractivity contribution is -0.117. The predicted molar refractivity (Wildman–Crippen MR) is 83.9 cm³/mol. The molecule has 0 fully saturated rings. The van der Waals surface area contributed by atoms with Gasteiger partial charge in [-0.05, 0) is 37.3 Å². The van der Waals surface area contributed by atoms with Crippen molar-refractivity contribution in [2.75, 3.05) is 0 Å². The zero-order chi connectivity index (χ0) is 14.7. The molecule has 3 rings (SSSR count). The third-order valence-electron chi connectivity index (χ3n) is 3.02. The molecular formula is C16H14N2O2S. The smallest absolute Gasteiger partial charge is 0.244 e. The first-order valence-corrected chi connectivity index (χ1v) is 7.41. The molecule has 0 aliphatic rings. The van der Waals surface area contributed by atoms with Gasteiger partial charge in [-0.25, -0.2) is 4.98 Å². The third-order valence-corrected chi connectivity index (χ3v) is 4.02. The summed E-state index contributed by atoms with van der Waals surface area (Å²) in [6, 6.07) is 11.4. The molecule has 0 aliphatic heterocycles. The van der Waals surface area contributed by atoms with Crippen molar-refractivity contribution in [3.63, 3.8) is 0 Å². The maximum atomic E-state index is 11.9. The van der Waals surface area contributed by atoms with Crippen LogP contribution >= 0.6 is 11.3 Å². The van der Waals surface area contributed by atoms with Crippen molar-refractivity contribution in [3.05, 3.63) is 59.5 Å². The first kappa shape index (κ1) is 13.6. The van der Waals surface area contributed by atoms with Crippen LogP contribution in [0.5, 0.6) is 0 Å². The van der Waals surface area contributed by atoms with Crippen LogP contribution < -0.4 is 5.32 Å². The van der Waals surface area contributed by atoms with Gasteiger partial charge >= 0.3 is 0 Å². The highest BCUT2D eigenvalue weighted by atomic mass is 32.1. The molecule has 0 saturated heterocycles. The summed E-state index contributed by atoms with van der Waals surface area (Å²) in [5.74, 6) is 0.565. The number of para-hydroxylation sites is 1. The van der Waals surface area contributed by atoms with Crippen LogP contribution in [0.25, 0.3) is 16.3 Å². The minimum absolute atomic E-state index is 0.160. The number of thiazole rings is 1. The van der Waals surface area contributed by atoms with E-state index in [1.54, 1.807) is 29.7 Å². The van der Waals surface area contributed by atoms with Crippen LogP contribution in [0, 0.1) is 0 Å². The summed E-state index contributed by atoms with van der Waals surface area (Å²) in [5, 5.41) is 3.66. The Balaban J connectivity index is 1.66. The molecule has 3 aromatic rings. The van der Waals surface area contributed by atoms with E-state index in [1.807, 2.05) is 37.3 Å². The zero-order valence-corrected chi connectivity index (χ0v) is 12.3. The maximum absolute atomic E-state index is 11.9. The number of furan rings is 1. The molecule has 0 radical (unpaired) electrons. The summed E-state index contributed by atoms with van der Waals surface area (Å²) in [6.45, 7) is 1.88. The van der Waals surface area contributed by atoms with Crippen molar-refractivity contribution < 1.29 is 9.21 Å². The van der Waals surface area contributed by atoms with E-state index in [0.29, 0.717) is 0 Å². The quantitative estimate of drug-likeness (QED) is 0.746. The second-order valence-electron chi connectivity index (χ2n) is 4.60. The Hall–Kier alpha value is -2.40. The normalized spacial score (nSPS) is 12.8. The van der Waals surface area contributed by atoms with Crippen LogP contribution in [-0.4, -0.2) is 10.9 Å². The van der Waals surface area contributed by atoms with Gasteiger partial charge < -0.3 is 9.73 Å². The van der Waals surface area contributed by atoms with Crippen molar-refractivity contribution in [3.8, 4) is 0 Å². The number of aromatic nitrogens is 1. The standard InChI is InChI=1S/C16H14N2O2S/c1-11(13-6-4-10-20-13)17-15(19)8-9-16-18-12-5-2-3-7-14(12)21-16/h2-11H,1H3,(H,17,19)/b9-8+. The highest BCUT2D eigenvalue weighted by Crippen LogP contribution is 2.22. The van der Waals surface area contributed by atoms with E-state index in [4.69, 9.17) is 4.42 Å². The summed E-state index contributed by atoms with van der Waals surface area (Å²) < 4.78 is 6.36. The number of nitrogens with one attached hydrogen (secondary N) is 1. The van der Waals surface area contributed by atoms with Gasteiger partial charge in [0.15, 0.2) is 0 Å².